The topological polar surface area (TPSA) is 232 Å². The van der Waals surface area contributed by atoms with Crippen LogP contribution in [0.15, 0.2) is 54.6 Å². The number of nitrogens with zero attached hydrogens (tertiary/aromatic N) is 1. The van der Waals surface area contributed by atoms with Gasteiger partial charge in [0, 0.05) is 19.8 Å². The molecule has 1 heterocycles. The highest BCUT2D eigenvalue weighted by atomic mass is 16.4. The minimum Gasteiger partial charge on any atom is -0.508 e. The second-order valence-corrected chi connectivity index (χ2v) is 10.5. The zero-order chi connectivity index (χ0) is 33.3. The van der Waals surface area contributed by atoms with Gasteiger partial charge in [-0.25, -0.2) is 4.79 Å². The molecule has 1 aliphatic rings. The summed E-state index contributed by atoms with van der Waals surface area (Å²) < 4.78 is 0. The minimum absolute atomic E-state index is 0.0465. The Kier molecular flexibility index (Phi) is 11.7. The Hall–Kier alpha value is -5.31. The van der Waals surface area contributed by atoms with Crippen LogP contribution in [0.4, 0.5) is 0 Å². The maximum atomic E-state index is 13.6. The van der Waals surface area contributed by atoms with E-state index in [-0.39, 0.29) is 25.0 Å². The first kappa shape index (κ1) is 34.2. The summed E-state index contributed by atoms with van der Waals surface area (Å²) in [4.78, 5) is 89.4. The summed E-state index contributed by atoms with van der Waals surface area (Å²) in [6.07, 6.45) is -0.574. The standard InChI is InChI=1S/C30H35N5O10/c1-16(26(40)33-21(12-19-8-10-20(38)11-9-19)27(41)34-23(15-36)30(44)45)31-28(42)24(13-18-6-4-3-5-7-18)35-25(39)14-22(29(35)43)32-17(2)37/h3-11,16,21-24,36,38H,12-15H2,1-2H3,(H,31,42)(H,32,37)(H,33,40)(H,34,41)(H,44,45)/t16-,21-,22-,23-,24-/m0/s1. The van der Waals surface area contributed by atoms with Gasteiger partial charge in [-0.05, 0) is 30.2 Å². The van der Waals surface area contributed by atoms with Gasteiger partial charge >= 0.3 is 5.97 Å². The third-order valence-corrected chi connectivity index (χ3v) is 7.01. The van der Waals surface area contributed by atoms with Crippen LogP contribution in [0.2, 0.25) is 0 Å². The zero-order valence-corrected chi connectivity index (χ0v) is 24.6. The third kappa shape index (κ3) is 9.34. The number of carbonyl (C=O) groups is 7. The number of nitrogens with one attached hydrogen (secondary N) is 4. The monoisotopic (exact) mass is 625 g/mol. The lowest BCUT2D eigenvalue weighted by molar-refractivity contribution is -0.147. The number of carboxylic acids is 1. The van der Waals surface area contributed by atoms with Gasteiger partial charge in [-0.1, -0.05) is 42.5 Å². The zero-order valence-electron chi connectivity index (χ0n) is 24.6. The smallest absolute Gasteiger partial charge is 0.328 e. The molecule has 1 aliphatic heterocycles. The highest BCUT2D eigenvalue weighted by Crippen LogP contribution is 2.20. The van der Waals surface area contributed by atoms with E-state index in [0.717, 1.165) is 4.90 Å². The molecule has 15 heteroatoms. The molecule has 2 aromatic rings. The third-order valence-electron chi connectivity index (χ3n) is 7.01. The summed E-state index contributed by atoms with van der Waals surface area (Å²) in [5.41, 5.74) is 1.10. The Bertz CT molecular complexity index is 1430. The molecule has 15 nitrogen and oxygen atoms in total. The summed E-state index contributed by atoms with van der Waals surface area (Å²) in [5, 5.41) is 37.6. The lowest BCUT2D eigenvalue weighted by Crippen LogP contribution is -2.58. The first-order valence-corrected chi connectivity index (χ1v) is 14.0. The van der Waals surface area contributed by atoms with Crippen LogP contribution >= 0.6 is 0 Å². The van der Waals surface area contributed by atoms with Gasteiger partial charge < -0.3 is 36.6 Å². The van der Waals surface area contributed by atoms with Crippen molar-refractivity contribution in [2.75, 3.05) is 6.61 Å². The van der Waals surface area contributed by atoms with Crippen molar-refractivity contribution in [2.45, 2.75) is 63.3 Å². The molecule has 0 bridgehead atoms. The number of imide groups is 1. The predicted octanol–water partition coefficient (Wildman–Crippen LogP) is -1.64. The number of amides is 6. The normalized spacial score (nSPS) is 17.0. The van der Waals surface area contributed by atoms with Gasteiger partial charge in [0.15, 0.2) is 0 Å². The van der Waals surface area contributed by atoms with Gasteiger partial charge in [0.25, 0.3) is 5.91 Å². The molecule has 1 fully saturated rings. The number of hydrogen-bond acceptors (Lipinski definition) is 9. The van der Waals surface area contributed by atoms with Gasteiger partial charge in [-0.15, -0.1) is 0 Å². The van der Waals surface area contributed by atoms with E-state index in [1.165, 1.54) is 38.1 Å². The van der Waals surface area contributed by atoms with Gasteiger partial charge in [0.05, 0.1) is 13.0 Å². The molecule has 0 unspecified atom stereocenters. The van der Waals surface area contributed by atoms with E-state index in [2.05, 4.69) is 21.3 Å². The van der Waals surface area contributed by atoms with Crippen molar-refractivity contribution in [1.82, 2.24) is 26.2 Å². The number of benzene rings is 2. The van der Waals surface area contributed by atoms with Crippen molar-refractivity contribution >= 4 is 41.4 Å². The minimum atomic E-state index is -1.65. The van der Waals surface area contributed by atoms with Crippen LogP contribution in [0, 0.1) is 0 Å². The lowest BCUT2D eigenvalue weighted by Gasteiger charge is -2.28. The first-order chi connectivity index (χ1) is 21.3. The lowest BCUT2D eigenvalue weighted by atomic mass is 10.0. The summed E-state index contributed by atoms with van der Waals surface area (Å²) in [5.74, 6) is -6.18. The molecule has 0 radical (unpaired) electrons. The molecular formula is C30H35N5O10. The molecule has 2 aromatic carbocycles. The van der Waals surface area contributed by atoms with Crippen LogP contribution in [0.5, 0.6) is 5.75 Å². The van der Waals surface area contributed by atoms with Gasteiger partial charge in [-0.2, -0.15) is 0 Å². The molecule has 6 amide bonds. The number of aliphatic carboxylic acids is 1. The predicted molar refractivity (Wildman–Crippen MR) is 156 cm³/mol. The fourth-order valence-electron chi connectivity index (χ4n) is 4.68. The van der Waals surface area contributed by atoms with Crippen molar-refractivity contribution in [3.05, 3.63) is 65.7 Å². The Balaban J connectivity index is 1.80. The van der Waals surface area contributed by atoms with E-state index in [9.17, 15) is 48.9 Å². The number of rotatable bonds is 14. The fourth-order valence-corrected chi connectivity index (χ4v) is 4.68. The number of aliphatic hydroxyl groups excluding tert-OH is 1. The second-order valence-electron chi connectivity index (χ2n) is 10.5. The molecule has 0 spiro atoms. The summed E-state index contributed by atoms with van der Waals surface area (Å²) in [6, 6.07) is 7.38. The summed E-state index contributed by atoms with van der Waals surface area (Å²) >= 11 is 0. The number of aliphatic hydroxyl groups is 1. The highest BCUT2D eigenvalue weighted by molar-refractivity contribution is 6.10. The van der Waals surface area contributed by atoms with Crippen molar-refractivity contribution in [3.8, 4) is 5.75 Å². The van der Waals surface area contributed by atoms with Crippen LogP contribution < -0.4 is 21.3 Å². The molecule has 3 rings (SSSR count). The number of likely N-dealkylation sites (tertiary alicyclic amines) is 1. The van der Waals surface area contributed by atoms with Gasteiger partial charge in [0.2, 0.25) is 29.5 Å². The van der Waals surface area contributed by atoms with Crippen LogP contribution in [0.1, 0.15) is 31.4 Å². The van der Waals surface area contributed by atoms with Crippen LogP contribution in [-0.2, 0) is 46.4 Å². The van der Waals surface area contributed by atoms with E-state index < -0.39 is 78.2 Å². The molecule has 1 saturated heterocycles. The number of phenols is 1. The molecule has 0 aromatic heterocycles. The summed E-state index contributed by atoms with van der Waals surface area (Å²) in [7, 11) is 0. The molecule has 7 N–H and O–H groups in total. The number of carboxylic acid groups (broad SMARTS) is 1. The maximum Gasteiger partial charge on any atom is 0.328 e. The Labute approximate surface area is 258 Å². The SMILES string of the molecule is CC(=O)N[C@H]1CC(=O)N([C@@H](Cc2ccccc2)C(=O)N[C@@H](C)C(=O)N[C@@H](Cc2ccc(O)cc2)C(=O)N[C@@H](CO)C(=O)O)C1=O. The van der Waals surface area contributed by atoms with Crippen LogP contribution in [0.3, 0.4) is 0 Å². The Morgan fingerprint density at radius 2 is 1.44 bits per heavy atom. The Morgan fingerprint density at radius 1 is 0.844 bits per heavy atom. The van der Waals surface area contributed by atoms with Crippen molar-refractivity contribution in [2.24, 2.45) is 0 Å². The summed E-state index contributed by atoms with van der Waals surface area (Å²) in [6.45, 7) is 1.59. The van der Waals surface area contributed by atoms with E-state index in [1.54, 1.807) is 30.3 Å². The molecule has 45 heavy (non-hydrogen) atoms. The first-order valence-electron chi connectivity index (χ1n) is 14.0. The van der Waals surface area contributed by atoms with Gasteiger partial charge in [0.1, 0.15) is 36.0 Å². The maximum absolute atomic E-state index is 13.6. The molecule has 5 atom stereocenters. The molecule has 0 aliphatic carbocycles. The van der Waals surface area contributed by atoms with Crippen molar-refractivity contribution < 1.29 is 48.9 Å². The molecular weight excluding hydrogens is 590 g/mol. The highest BCUT2D eigenvalue weighted by Gasteiger charge is 2.45. The molecule has 0 saturated carbocycles. The number of phenolic OH excluding ortho intramolecular Hbond substituents is 1. The van der Waals surface area contributed by atoms with E-state index in [4.69, 9.17) is 0 Å². The van der Waals surface area contributed by atoms with Crippen molar-refractivity contribution in [1.29, 1.82) is 0 Å². The number of carbonyl (C=O) groups excluding carboxylic acids is 6. The molecule has 240 valence electrons. The van der Waals surface area contributed by atoms with Crippen LogP contribution in [-0.4, -0.2) is 98.4 Å². The Morgan fingerprint density at radius 3 is 2.02 bits per heavy atom. The number of hydrogen-bond donors (Lipinski definition) is 7. The quantitative estimate of drug-likeness (QED) is 0.118. The van der Waals surface area contributed by atoms with Crippen LogP contribution in [0.25, 0.3) is 0 Å². The van der Waals surface area contributed by atoms with E-state index in [0.29, 0.717) is 11.1 Å². The van der Waals surface area contributed by atoms with E-state index in [1.807, 2.05) is 0 Å². The van der Waals surface area contributed by atoms with E-state index >= 15 is 0 Å². The number of aromatic hydroxyl groups is 1. The average Bonchev–Trinajstić information content (AvgIpc) is 3.26. The fraction of sp³-hybridized carbons (Fsp3) is 0.367. The largest absolute Gasteiger partial charge is 0.508 e. The second kappa shape index (κ2) is 15.4. The van der Waals surface area contributed by atoms with Gasteiger partial charge in [-0.3, -0.25) is 33.7 Å². The average molecular weight is 626 g/mol. The van der Waals surface area contributed by atoms with Crippen molar-refractivity contribution in [3.63, 3.8) is 0 Å².